The smallest absolute Gasteiger partial charge is 0.302 e. The van der Waals surface area contributed by atoms with Crippen LogP contribution in [-0.4, -0.2) is 52.8 Å². The number of hydrogen-bond donors (Lipinski definition) is 0. The first-order valence-electron chi connectivity index (χ1n) is 16.1. The SMILES string of the molecule is CC(=O)O[C@@H](C[C@@H](C)[C@]12CC[C@@]3(C)[C@@]1(C[C@H](OC(C)=O)[C@H]1[C@@]4(C)CCC(=O)C(C)(C)[C@@H]4CC[C@@]13C)O2)[C@H]1OC1(C)C. The molecule has 0 aromatic rings. The standard InChI is InChI=1S/C34H52O7/c1-19(17-22(38-20(2)35)27-29(6,7)40-27)33-16-15-32(10)31(9)14-11-24-28(4,5)25(37)12-13-30(24,8)26(31)23(39-21(3)36)18-34(32,33)41-33/h19,22-24,26-27H,11-18H2,1-10H3/t19-,22+,23+,24+,26+,27-,30+,31+,32-,33-,34-/m1/s1. The minimum Gasteiger partial charge on any atom is -0.462 e. The van der Waals surface area contributed by atoms with Gasteiger partial charge in [-0.2, -0.15) is 0 Å². The average Bonchev–Trinajstić information content (AvgIpc) is 3.67. The third kappa shape index (κ3) is 3.66. The summed E-state index contributed by atoms with van der Waals surface area (Å²) in [6, 6.07) is 0. The Morgan fingerprint density at radius 2 is 1.63 bits per heavy atom. The summed E-state index contributed by atoms with van der Waals surface area (Å²) in [5, 5.41) is 0. The molecule has 11 atom stereocenters. The van der Waals surface area contributed by atoms with Crippen LogP contribution in [0.25, 0.3) is 0 Å². The predicted molar refractivity (Wildman–Crippen MR) is 153 cm³/mol. The van der Waals surface area contributed by atoms with E-state index in [0.717, 1.165) is 32.1 Å². The molecule has 7 heteroatoms. The van der Waals surface area contributed by atoms with Crippen molar-refractivity contribution in [2.75, 3.05) is 0 Å². The lowest BCUT2D eigenvalue weighted by Crippen LogP contribution is -2.69. The Kier molecular flexibility index (Phi) is 6.19. The molecule has 6 fully saturated rings. The van der Waals surface area contributed by atoms with E-state index in [1.807, 2.05) is 13.8 Å². The van der Waals surface area contributed by atoms with E-state index < -0.39 is 5.60 Å². The second-order valence-electron chi connectivity index (χ2n) is 16.6. The van der Waals surface area contributed by atoms with Gasteiger partial charge in [-0.15, -0.1) is 0 Å². The van der Waals surface area contributed by atoms with Crippen LogP contribution >= 0.6 is 0 Å². The van der Waals surface area contributed by atoms with Gasteiger partial charge < -0.3 is 18.9 Å². The Morgan fingerprint density at radius 3 is 2.22 bits per heavy atom. The summed E-state index contributed by atoms with van der Waals surface area (Å²) in [6.45, 7) is 20.9. The van der Waals surface area contributed by atoms with Crippen molar-refractivity contribution < 1.29 is 33.3 Å². The molecule has 0 aromatic heterocycles. The minimum absolute atomic E-state index is 0.0958. The molecule has 4 saturated carbocycles. The highest BCUT2D eigenvalue weighted by Crippen LogP contribution is 2.84. The second kappa shape index (κ2) is 8.58. The van der Waals surface area contributed by atoms with Crippen molar-refractivity contribution in [2.45, 2.75) is 156 Å². The fraction of sp³-hybridized carbons (Fsp3) is 0.912. The summed E-state index contributed by atoms with van der Waals surface area (Å²) in [4.78, 5) is 37.8. The molecular weight excluding hydrogens is 520 g/mol. The van der Waals surface area contributed by atoms with Gasteiger partial charge in [-0.1, -0.05) is 41.5 Å². The molecule has 2 saturated heterocycles. The minimum atomic E-state index is -0.394. The number of ether oxygens (including phenoxy) is 4. The molecule has 2 aliphatic heterocycles. The number of fused-ring (bicyclic) bond motifs is 4. The Labute approximate surface area is 246 Å². The van der Waals surface area contributed by atoms with Crippen LogP contribution in [-0.2, 0) is 33.3 Å². The first kappa shape index (κ1) is 29.6. The van der Waals surface area contributed by atoms with Gasteiger partial charge in [0, 0.05) is 43.4 Å². The van der Waals surface area contributed by atoms with E-state index in [0.29, 0.717) is 25.0 Å². The van der Waals surface area contributed by atoms with Crippen LogP contribution in [0.15, 0.2) is 0 Å². The highest BCUT2D eigenvalue weighted by Gasteiger charge is 2.89. The first-order valence-corrected chi connectivity index (χ1v) is 16.1. The maximum atomic E-state index is 13.1. The largest absolute Gasteiger partial charge is 0.462 e. The normalized spacial score (nSPS) is 49.9. The summed E-state index contributed by atoms with van der Waals surface area (Å²) in [6.07, 6.45) is 6.15. The molecule has 0 unspecified atom stereocenters. The lowest BCUT2D eigenvalue weighted by Gasteiger charge is -2.69. The molecule has 41 heavy (non-hydrogen) atoms. The van der Waals surface area contributed by atoms with Crippen LogP contribution in [0.1, 0.15) is 121 Å². The van der Waals surface area contributed by atoms with Crippen LogP contribution in [0, 0.1) is 39.4 Å². The van der Waals surface area contributed by atoms with Crippen molar-refractivity contribution >= 4 is 17.7 Å². The number of Topliss-reactive ketones (excluding diaryl/α,β-unsaturated/α-hetero) is 1. The predicted octanol–water partition coefficient (Wildman–Crippen LogP) is 6.19. The molecule has 2 heterocycles. The zero-order valence-electron chi connectivity index (χ0n) is 27.0. The summed E-state index contributed by atoms with van der Waals surface area (Å²) >= 11 is 0. The van der Waals surface area contributed by atoms with Gasteiger partial charge in [0.1, 0.15) is 35.3 Å². The zero-order chi connectivity index (χ0) is 30.2. The number of carbonyl (C=O) groups is 3. The zero-order valence-corrected chi connectivity index (χ0v) is 27.0. The molecule has 230 valence electrons. The van der Waals surface area contributed by atoms with Crippen LogP contribution < -0.4 is 0 Å². The van der Waals surface area contributed by atoms with E-state index in [4.69, 9.17) is 18.9 Å². The van der Waals surface area contributed by atoms with Crippen molar-refractivity contribution in [2.24, 2.45) is 39.4 Å². The van der Waals surface area contributed by atoms with Crippen LogP contribution in [0.4, 0.5) is 0 Å². The Balaban J connectivity index is 1.36. The van der Waals surface area contributed by atoms with Crippen LogP contribution in [0.3, 0.4) is 0 Å². The van der Waals surface area contributed by atoms with Crippen molar-refractivity contribution in [1.82, 2.24) is 0 Å². The van der Waals surface area contributed by atoms with Crippen molar-refractivity contribution in [3.63, 3.8) is 0 Å². The number of ketones is 1. The fourth-order valence-corrected chi connectivity index (χ4v) is 12.0. The Morgan fingerprint density at radius 1 is 0.976 bits per heavy atom. The van der Waals surface area contributed by atoms with Gasteiger partial charge in [-0.25, -0.2) is 0 Å². The van der Waals surface area contributed by atoms with E-state index in [9.17, 15) is 14.4 Å². The monoisotopic (exact) mass is 572 g/mol. The molecule has 0 amide bonds. The van der Waals surface area contributed by atoms with Crippen molar-refractivity contribution in [1.29, 1.82) is 0 Å². The Bertz CT molecular complexity index is 1180. The topological polar surface area (TPSA) is 94.7 Å². The van der Waals surface area contributed by atoms with Crippen LogP contribution in [0.5, 0.6) is 0 Å². The van der Waals surface area contributed by atoms with Gasteiger partial charge in [0.25, 0.3) is 0 Å². The van der Waals surface area contributed by atoms with Crippen molar-refractivity contribution in [3.05, 3.63) is 0 Å². The Hall–Kier alpha value is -1.47. The molecule has 4 aliphatic carbocycles. The van der Waals surface area contributed by atoms with Crippen LogP contribution in [0.2, 0.25) is 0 Å². The molecule has 6 aliphatic rings. The highest BCUT2D eigenvalue weighted by molar-refractivity contribution is 5.85. The third-order valence-corrected chi connectivity index (χ3v) is 14.0. The molecular formula is C34H52O7. The van der Waals surface area contributed by atoms with Gasteiger partial charge in [0.2, 0.25) is 0 Å². The molecule has 7 nitrogen and oxygen atoms in total. The number of hydrogen-bond acceptors (Lipinski definition) is 7. The van der Waals surface area contributed by atoms with Gasteiger partial charge in [0.15, 0.2) is 0 Å². The molecule has 6 rings (SSSR count). The van der Waals surface area contributed by atoms with Gasteiger partial charge in [-0.3, -0.25) is 14.4 Å². The maximum absolute atomic E-state index is 13.1. The van der Waals surface area contributed by atoms with Gasteiger partial charge >= 0.3 is 11.9 Å². The summed E-state index contributed by atoms with van der Waals surface area (Å²) in [5.41, 5.74) is -1.71. The van der Waals surface area contributed by atoms with E-state index in [1.54, 1.807) is 0 Å². The molecule has 0 bridgehead atoms. The number of rotatable bonds is 6. The number of epoxide rings is 2. The average molecular weight is 573 g/mol. The molecule has 1 spiro atoms. The third-order valence-electron chi connectivity index (χ3n) is 14.0. The van der Waals surface area contributed by atoms with E-state index in [2.05, 4.69) is 41.5 Å². The van der Waals surface area contributed by atoms with E-state index in [1.165, 1.54) is 13.8 Å². The maximum Gasteiger partial charge on any atom is 0.302 e. The van der Waals surface area contributed by atoms with Crippen molar-refractivity contribution in [3.8, 4) is 0 Å². The summed E-state index contributed by atoms with van der Waals surface area (Å²) in [7, 11) is 0. The summed E-state index contributed by atoms with van der Waals surface area (Å²) < 4.78 is 25.2. The fourth-order valence-electron chi connectivity index (χ4n) is 12.0. The second-order valence-corrected chi connectivity index (χ2v) is 16.6. The summed E-state index contributed by atoms with van der Waals surface area (Å²) in [5.74, 6) is 0.414. The van der Waals surface area contributed by atoms with Gasteiger partial charge in [-0.05, 0) is 75.0 Å². The molecule has 0 N–H and O–H groups in total. The highest BCUT2D eigenvalue weighted by atomic mass is 16.7. The van der Waals surface area contributed by atoms with E-state index >= 15 is 0 Å². The number of esters is 2. The molecule has 0 aromatic carbocycles. The molecule has 0 radical (unpaired) electrons. The van der Waals surface area contributed by atoms with E-state index in [-0.39, 0.29) is 80.9 Å². The lowest BCUT2D eigenvalue weighted by molar-refractivity contribution is -0.248. The first-order chi connectivity index (χ1) is 18.8. The number of carbonyl (C=O) groups excluding carboxylic acids is 3. The van der Waals surface area contributed by atoms with Gasteiger partial charge in [0.05, 0.1) is 5.60 Å². The lowest BCUT2D eigenvalue weighted by atomic mass is 9.34. The quantitative estimate of drug-likeness (QED) is 0.277.